The van der Waals surface area contributed by atoms with E-state index in [0.717, 1.165) is 30.5 Å². The fourth-order valence-corrected chi connectivity index (χ4v) is 3.02. The Hall–Kier alpha value is -3.56. The van der Waals surface area contributed by atoms with Gasteiger partial charge in [0.2, 0.25) is 5.91 Å². The molecule has 0 N–H and O–H groups in total. The molecule has 0 atom stereocenters. The lowest BCUT2D eigenvalue weighted by Gasteiger charge is -2.21. The van der Waals surface area contributed by atoms with E-state index in [4.69, 9.17) is 4.74 Å². The van der Waals surface area contributed by atoms with Crippen molar-refractivity contribution in [1.29, 1.82) is 0 Å². The Bertz CT molecular complexity index is 991. The fourth-order valence-electron chi connectivity index (χ4n) is 3.02. The zero-order chi connectivity index (χ0) is 22.5. The van der Waals surface area contributed by atoms with E-state index in [0.29, 0.717) is 0 Å². The first-order valence-electron chi connectivity index (χ1n) is 9.33. The number of hydrogen-bond acceptors (Lipinski definition) is 5. The largest absolute Gasteiger partial charge is 0.493 e. The summed E-state index contributed by atoms with van der Waals surface area (Å²) in [6.07, 6.45) is 4.06. The van der Waals surface area contributed by atoms with Gasteiger partial charge in [-0.25, -0.2) is 4.39 Å². The fraction of sp³-hybridized carbons (Fsp3) is 0.286. The minimum Gasteiger partial charge on any atom is -0.493 e. The summed E-state index contributed by atoms with van der Waals surface area (Å²) in [7, 11) is 1.20. The Labute approximate surface area is 175 Å². The molecule has 1 aliphatic carbocycles. The maximum absolute atomic E-state index is 13.1. The normalized spacial score (nSPS) is 13.5. The molecule has 0 saturated heterocycles. The first-order chi connectivity index (χ1) is 14.8. The smallest absolute Gasteiger partial charge is 0.387 e. The van der Waals surface area contributed by atoms with Gasteiger partial charge in [0, 0.05) is 18.7 Å². The molecule has 164 valence electrons. The van der Waals surface area contributed by atoms with Crippen LogP contribution >= 0.6 is 0 Å². The number of rotatable bonds is 9. The molecule has 10 heteroatoms. The number of methoxy groups -OCH3 is 1. The lowest BCUT2D eigenvalue weighted by molar-refractivity contribution is -0.385. The third kappa shape index (κ3) is 5.74. The van der Waals surface area contributed by atoms with Crippen molar-refractivity contribution in [2.24, 2.45) is 0 Å². The average molecular weight is 436 g/mol. The molecule has 31 heavy (non-hydrogen) atoms. The third-order valence-corrected chi connectivity index (χ3v) is 4.67. The molecule has 0 radical (unpaired) electrons. The van der Waals surface area contributed by atoms with Crippen molar-refractivity contribution in [2.45, 2.75) is 32.0 Å². The molecule has 0 aromatic heterocycles. The Balaban J connectivity index is 1.85. The van der Waals surface area contributed by atoms with Crippen molar-refractivity contribution >= 4 is 17.7 Å². The van der Waals surface area contributed by atoms with Gasteiger partial charge in [0.15, 0.2) is 11.5 Å². The predicted molar refractivity (Wildman–Crippen MR) is 105 cm³/mol. The summed E-state index contributed by atoms with van der Waals surface area (Å²) in [5, 5.41) is 11.4. The highest BCUT2D eigenvalue weighted by Crippen LogP contribution is 2.36. The van der Waals surface area contributed by atoms with E-state index < -0.39 is 23.0 Å². The first-order valence-corrected chi connectivity index (χ1v) is 9.33. The number of carbonyl (C=O) groups is 1. The molecule has 3 rings (SSSR count). The quantitative estimate of drug-likeness (QED) is 0.327. The van der Waals surface area contributed by atoms with Crippen LogP contribution in [0.4, 0.5) is 18.9 Å². The Morgan fingerprint density at radius 3 is 2.48 bits per heavy atom. The van der Waals surface area contributed by atoms with Crippen molar-refractivity contribution in [3.05, 3.63) is 69.5 Å². The molecule has 0 bridgehead atoms. The van der Waals surface area contributed by atoms with Crippen molar-refractivity contribution in [2.75, 3.05) is 7.11 Å². The van der Waals surface area contributed by atoms with Gasteiger partial charge in [-0.2, -0.15) is 8.78 Å². The molecular weight excluding hydrogens is 417 g/mol. The van der Waals surface area contributed by atoms with E-state index in [1.54, 1.807) is 17.0 Å². The van der Waals surface area contributed by atoms with Crippen LogP contribution in [-0.4, -0.2) is 35.5 Å². The SMILES string of the molecule is COc1cc(/C=C/C(=O)N(Cc2ccc(F)cc2)C2CC2)c([N+](=O)[O-])cc1OC(F)F. The number of halogens is 3. The lowest BCUT2D eigenvalue weighted by atomic mass is 10.1. The summed E-state index contributed by atoms with van der Waals surface area (Å²) in [5.74, 6) is -1.38. The van der Waals surface area contributed by atoms with Crippen LogP contribution in [0.1, 0.15) is 24.0 Å². The van der Waals surface area contributed by atoms with E-state index >= 15 is 0 Å². The summed E-state index contributed by atoms with van der Waals surface area (Å²) in [6, 6.07) is 7.79. The number of nitro groups is 1. The molecule has 1 fully saturated rings. The van der Waals surface area contributed by atoms with Gasteiger partial charge >= 0.3 is 6.61 Å². The van der Waals surface area contributed by atoms with Crippen molar-refractivity contribution < 1.29 is 32.4 Å². The lowest BCUT2D eigenvalue weighted by Crippen LogP contribution is -2.31. The summed E-state index contributed by atoms with van der Waals surface area (Å²) in [5.41, 5.74) is 0.225. The van der Waals surface area contributed by atoms with Crippen LogP contribution in [0.25, 0.3) is 6.08 Å². The third-order valence-electron chi connectivity index (χ3n) is 4.67. The van der Waals surface area contributed by atoms with Gasteiger partial charge in [-0.1, -0.05) is 12.1 Å². The Kier molecular flexibility index (Phi) is 6.78. The second-order valence-electron chi connectivity index (χ2n) is 6.85. The van der Waals surface area contributed by atoms with Crippen LogP contribution < -0.4 is 9.47 Å². The van der Waals surface area contributed by atoms with Gasteiger partial charge in [-0.3, -0.25) is 14.9 Å². The van der Waals surface area contributed by atoms with Gasteiger partial charge in [0.05, 0.1) is 23.7 Å². The van der Waals surface area contributed by atoms with Crippen molar-refractivity contribution in [1.82, 2.24) is 4.90 Å². The maximum Gasteiger partial charge on any atom is 0.387 e. The van der Waals surface area contributed by atoms with Gasteiger partial charge in [0.1, 0.15) is 5.82 Å². The predicted octanol–water partition coefficient (Wildman–Crippen LogP) is 4.55. The van der Waals surface area contributed by atoms with Gasteiger partial charge in [0.25, 0.3) is 5.69 Å². The topological polar surface area (TPSA) is 81.9 Å². The molecule has 0 aliphatic heterocycles. The molecule has 2 aromatic rings. The molecule has 7 nitrogen and oxygen atoms in total. The van der Waals surface area contributed by atoms with Crippen LogP contribution in [0.3, 0.4) is 0 Å². The van der Waals surface area contributed by atoms with E-state index in [9.17, 15) is 28.1 Å². The molecule has 0 spiro atoms. The highest BCUT2D eigenvalue weighted by Gasteiger charge is 2.31. The second-order valence-corrected chi connectivity index (χ2v) is 6.85. The highest BCUT2D eigenvalue weighted by atomic mass is 19.3. The number of alkyl halides is 2. The van der Waals surface area contributed by atoms with E-state index in [2.05, 4.69) is 4.74 Å². The maximum atomic E-state index is 13.1. The van der Waals surface area contributed by atoms with Crippen LogP contribution in [0.15, 0.2) is 42.5 Å². The van der Waals surface area contributed by atoms with E-state index in [-0.39, 0.29) is 35.6 Å². The number of hydrogen-bond donors (Lipinski definition) is 0. The van der Waals surface area contributed by atoms with E-state index in [1.807, 2.05) is 0 Å². The molecular formula is C21H19F3N2O5. The Morgan fingerprint density at radius 1 is 1.26 bits per heavy atom. The molecule has 1 aliphatic rings. The zero-order valence-electron chi connectivity index (χ0n) is 16.5. The van der Waals surface area contributed by atoms with Gasteiger partial charge < -0.3 is 14.4 Å². The summed E-state index contributed by atoms with van der Waals surface area (Å²) >= 11 is 0. The van der Waals surface area contributed by atoms with Crippen LogP contribution in [-0.2, 0) is 11.3 Å². The number of nitrogens with zero attached hydrogens (tertiary/aromatic N) is 2. The molecule has 0 heterocycles. The zero-order valence-corrected chi connectivity index (χ0v) is 16.5. The monoisotopic (exact) mass is 436 g/mol. The summed E-state index contributed by atoms with van der Waals surface area (Å²) in [4.78, 5) is 25.0. The highest BCUT2D eigenvalue weighted by molar-refractivity contribution is 5.93. The molecule has 2 aromatic carbocycles. The number of nitro benzene ring substituents is 1. The summed E-state index contributed by atoms with van der Waals surface area (Å²) in [6.45, 7) is -2.92. The van der Waals surface area contributed by atoms with Crippen LogP contribution in [0, 0.1) is 15.9 Å². The minimum atomic E-state index is -3.19. The van der Waals surface area contributed by atoms with Gasteiger partial charge in [-0.05, 0) is 42.7 Å². The number of benzene rings is 2. The molecule has 1 saturated carbocycles. The minimum absolute atomic E-state index is 0.00524. The molecule has 1 amide bonds. The first kappa shape index (κ1) is 22.1. The number of ether oxygens (including phenoxy) is 2. The summed E-state index contributed by atoms with van der Waals surface area (Å²) < 4.78 is 47.5. The molecule has 0 unspecified atom stereocenters. The standard InChI is InChI=1S/C21H19F3N2O5/c1-30-18-10-14(17(26(28)29)11-19(18)31-21(23)24)4-9-20(27)25(16-7-8-16)12-13-2-5-15(22)6-3-13/h2-6,9-11,16,21H,7-8,12H2,1H3/b9-4+. The Morgan fingerprint density at radius 2 is 1.94 bits per heavy atom. The second kappa shape index (κ2) is 9.50. The van der Waals surface area contributed by atoms with Crippen LogP contribution in [0.5, 0.6) is 11.5 Å². The number of carbonyl (C=O) groups excluding carboxylic acids is 1. The van der Waals surface area contributed by atoms with E-state index in [1.165, 1.54) is 31.4 Å². The number of amides is 1. The van der Waals surface area contributed by atoms with Gasteiger partial charge in [-0.15, -0.1) is 0 Å². The average Bonchev–Trinajstić information content (AvgIpc) is 3.56. The van der Waals surface area contributed by atoms with Crippen molar-refractivity contribution in [3.8, 4) is 11.5 Å². The van der Waals surface area contributed by atoms with Crippen LogP contribution in [0.2, 0.25) is 0 Å². The van der Waals surface area contributed by atoms with Crippen molar-refractivity contribution in [3.63, 3.8) is 0 Å².